The van der Waals surface area contributed by atoms with Gasteiger partial charge in [-0.1, -0.05) is 6.07 Å². The molecule has 1 aliphatic heterocycles. The normalized spacial score (nSPS) is 26.4. The Balaban J connectivity index is 1.48. The average molecular weight is 314 g/mol. The molecular weight excluding hydrogens is 292 g/mol. The molecule has 2 aromatic rings. The number of fused-ring (bicyclic) bond motifs is 1. The van der Waals surface area contributed by atoms with Crippen LogP contribution in [0, 0.1) is 5.41 Å². The maximum Gasteiger partial charge on any atom is 0.253 e. The lowest BCUT2D eigenvalue weighted by molar-refractivity contribution is -0.199. The third kappa shape index (κ3) is 2.18. The Bertz CT molecular complexity index is 731. The Hall–Kier alpha value is -1.85. The lowest BCUT2D eigenvalue weighted by atomic mass is 9.58. The Morgan fingerprint density at radius 1 is 1.35 bits per heavy atom. The number of rotatable bonds is 2. The number of likely N-dealkylation sites (tertiary alicyclic amines) is 1. The van der Waals surface area contributed by atoms with Gasteiger partial charge >= 0.3 is 0 Å². The number of hydrogen-bond acceptors (Lipinski definition) is 3. The largest absolute Gasteiger partial charge is 0.392 e. The second-order valence-corrected chi connectivity index (χ2v) is 6.78. The number of methoxy groups -OCH3 is 1. The third-order valence-corrected chi connectivity index (χ3v) is 5.81. The van der Waals surface area contributed by atoms with Crippen LogP contribution in [0.1, 0.15) is 29.6 Å². The number of carbonyl (C=O) groups excluding carboxylic acids is 1. The van der Waals surface area contributed by atoms with E-state index < -0.39 is 0 Å². The number of carbonyl (C=O) groups is 1. The van der Waals surface area contributed by atoms with Crippen LogP contribution in [0.25, 0.3) is 10.9 Å². The van der Waals surface area contributed by atoms with E-state index in [1.807, 2.05) is 35.4 Å². The summed E-state index contributed by atoms with van der Waals surface area (Å²) in [6.45, 7) is 1.36. The second kappa shape index (κ2) is 5.35. The van der Waals surface area contributed by atoms with Gasteiger partial charge in [-0.25, -0.2) is 0 Å². The molecule has 1 aromatic carbocycles. The van der Waals surface area contributed by atoms with Crippen LogP contribution in [0.2, 0.25) is 0 Å². The van der Waals surface area contributed by atoms with E-state index in [1.165, 1.54) is 0 Å². The third-order valence-electron chi connectivity index (χ3n) is 5.81. The zero-order valence-electron chi connectivity index (χ0n) is 13.3. The molecule has 23 heavy (non-hydrogen) atoms. The van der Waals surface area contributed by atoms with Gasteiger partial charge in [0.25, 0.3) is 5.91 Å². The summed E-state index contributed by atoms with van der Waals surface area (Å²) in [7, 11) is 1.71. The van der Waals surface area contributed by atoms with Crippen molar-refractivity contribution < 1.29 is 14.6 Å². The first-order chi connectivity index (χ1) is 11.1. The monoisotopic (exact) mass is 314 g/mol. The van der Waals surface area contributed by atoms with E-state index in [0.717, 1.165) is 23.7 Å². The molecule has 2 heterocycles. The molecule has 0 bridgehead atoms. The highest BCUT2D eigenvalue weighted by Gasteiger charge is 2.56. The maximum atomic E-state index is 12.7. The van der Waals surface area contributed by atoms with E-state index in [2.05, 4.69) is 4.98 Å². The number of piperidine rings is 1. The van der Waals surface area contributed by atoms with Gasteiger partial charge in [0.05, 0.1) is 12.2 Å². The molecule has 1 spiro atoms. The number of aliphatic hydroxyl groups is 1. The zero-order chi connectivity index (χ0) is 16.0. The van der Waals surface area contributed by atoms with Crippen LogP contribution in [0.3, 0.4) is 0 Å². The number of hydrogen-bond donors (Lipinski definition) is 2. The minimum absolute atomic E-state index is 0.0686. The van der Waals surface area contributed by atoms with E-state index in [-0.39, 0.29) is 23.5 Å². The number of nitrogens with zero attached hydrogens (tertiary/aromatic N) is 1. The van der Waals surface area contributed by atoms with E-state index in [1.54, 1.807) is 7.11 Å². The van der Waals surface area contributed by atoms with Crippen molar-refractivity contribution in [2.24, 2.45) is 5.41 Å². The van der Waals surface area contributed by atoms with Crippen molar-refractivity contribution in [3.8, 4) is 0 Å². The van der Waals surface area contributed by atoms with Gasteiger partial charge in [0.15, 0.2) is 0 Å². The van der Waals surface area contributed by atoms with Crippen molar-refractivity contribution >= 4 is 16.8 Å². The quantitative estimate of drug-likeness (QED) is 0.893. The fourth-order valence-corrected chi connectivity index (χ4v) is 4.20. The molecule has 4 rings (SSSR count). The number of aliphatic hydroxyl groups excluding tert-OH is 1. The van der Waals surface area contributed by atoms with Crippen LogP contribution < -0.4 is 0 Å². The SMILES string of the molecule is CO[C@@H]1C[C@H](O)C12CCN(C(=O)c1ccc3cc[nH]c3c1)CC2. The highest BCUT2D eigenvalue weighted by Crippen LogP contribution is 2.50. The first-order valence-corrected chi connectivity index (χ1v) is 8.21. The molecule has 2 N–H and O–H groups in total. The Morgan fingerprint density at radius 3 is 2.83 bits per heavy atom. The first kappa shape index (κ1) is 14.7. The van der Waals surface area contributed by atoms with Crippen molar-refractivity contribution in [2.45, 2.75) is 31.5 Å². The number of aromatic amines is 1. The van der Waals surface area contributed by atoms with E-state index in [4.69, 9.17) is 4.74 Å². The molecule has 1 aliphatic carbocycles. The molecule has 2 aliphatic rings. The van der Waals surface area contributed by atoms with Crippen LogP contribution >= 0.6 is 0 Å². The molecule has 1 saturated heterocycles. The summed E-state index contributed by atoms with van der Waals surface area (Å²) < 4.78 is 5.50. The second-order valence-electron chi connectivity index (χ2n) is 6.78. The molecule has 2 atom stereocenters. The molecule has 0 radical (unpaired) electrons. The summed E-state index contributed by atoms with van der Waals surface area (Å²) in [5.41, 5.74) is 1.56. The van der Waals surface area contributed by atoms with Crippen LogP contribution in [-0.2, 0) is 4.74 Å². The molecule has 5 heteroatoms. The Labute approximate surface area is 135 Å². The summed E-state index contributed by atoms with van der Waals surface area (Å²) in [6.07, 6.45) is 4.05. The molecule has 2 fully saturated rings. The van der Waals surface area contributed by atoms with Crippen molar-refractivity contribution in [1.29, 1.82) is 0 Å². The molecule has 5 nitrogen and oxygen atoms in total. The maximum absolute atomic E-state index is 12.7. The lowest BCUT2D eigenvalue weighted by Crippen LogP contribution is -2.62. The van der Waals surface area contributed by atoms with Crippen LogP contribution in [0.4, 0.5) is 0 Å². The van der Waals surface area contributed by atoms with E-state index in [9.17, 15) is 9.90 Å². The van der Waals surface area contributed by atoms with Gasteiger partial charge in [-0.05, 0) is 36.4 Å². The molecule has 122 valence electrons. The van der Waals surface area contributed by atoms with E-state index >= 15 is 0 Å². The fourth-order valence-electron chi connectivity index (χ4n) is 4.20. The van der Waals surface area contributed by atoms with Gasteiger partial charge in [0, 0.05) is 49.3 Å². The minimum atomic E-state index is -0.292. The van der Waals surface area contributed by atoms with Crippen LogP contribution in [0.15, 0.2) is 30.5 Å². The molecular formula is C18H22N2O3. The number of benzene rings is 1. The minimum Gasteiger partial charge on any atom is -0.392 e. The van der Waals surface area contributed by atoms with Gasteiger partial charge in [0.2, 0.25) is 0 Å². The average Bonchev–Trinajstić information content (AvgIpc) is 3.06. The summed E-state index contributed by atoms with van der Waals surface area (Å²) in [6, 6.07) is 7.77. The summed E-state index contributed by atoms with van der Waals surface area (Å²) >= 11 is 0. The summed E-state index contributed by atoms with van der Waals surface area (Å²) in [5.74, 6) is 0.0686. The fraction of sp³-hybridized carbons (Fsp3) is 0.500. The van der Waals surface area contributed by atoms with E-state index in [0.29, 0.717) is 25.1 Å². The zero-order valence-corrected chi connectivity index (χ0v) is 13.3. The van der Waals surface area contributed by atoms with Crippen molar-refractivity contribution in [1.82, 2.24) is 9.88 Å². The van der Waals surface area contributed by atoms with Gasteiger partial charge in [-0.15, -0.1) is 0 Å². The highest BCUT2D eigenvalue weighted by atomic mass is 16.5. The molecule has 1 aromatic heterocycles. The van der Waals surface area contributed by atoms with Crippen LogP contribution in [0.5, 0.6) is 0 Å². The first-order valence-electron chi connectivity index (χ1n) is 8.21. The number of nitrogens with one attached hydrogen (secondary N) is 1. The Kier molecular flexibility index (Phi) is 3.43. The molecule has 1 amide bonds. The lowest BCUT2D eigenvalue weighted by Gasteiger charge is -2.56. The highest BCUT2D eigenvalue weighted by molar-refractivity contribution is 5.98. The standard InChI is InChI=1S/C18H22N2O3/c1-23-16-11-15(21)18(16)5-8-20(9-6-18)17(22)13-3-2-12-4-7-19-14(12)10-13/h2-4,7,10,15-16,19,21H,5-6,8-9,11H2,1H3/t15-,16+/m0/s1. The van der Waals surface area contributed by atoms with Crippen molar-refractivity contribution in [2.75, 3.05) is 20.2 Å². The number of ether oxygens (including phenoxy) is 1. The smallest absolute Gasteiger partial charge is 0.253 e. The number of amides is 1. The number of aromatic nitrogens is 1. The molecule has 1 saturated carbocycles. The Morgan fingerprint density at radius 2 is 2.13 bits per heavy atom. The van der Waals surface area contributed by atoms with Gasteiger partial charge in [-0.2, -0.15) is 0 Å². The van der Waals surface area contributed by atoms with Gasteiger partial charge in [0.1, 0.15) is 0 Å². The van der Waals surface area contributed by atoms with Gasteiger partial charge < -0.3 is 19.7 Å². The topological polar surface area (TPSA) is 65.6 Å². The summed E-state index contributed by atoms with van der Waals surface area (Å²) in [4.78, 5) is 17.8. The predicted molar refractivity (Wildman–Crippen MR) is 87.3 cm³/mol. The number of H-pyrrole nitrogens is 1. The van der Waals surface area contributed by atoms with Crippen molar-refractivity contribution in [3.05, 3.63) is 36.0 Å². The summed E-state index contributed by atoms with van der Waals surface area (Å²) in [5, 5.41) is 11.3. The van der Waals surface area contributed by atoms with Crippen LogP contribution in [-0.4, -0.2) is 53.3 Å². The predicted octanol–water partition coefficient (Wildman–Crippen LogP) is 2.17. The van der Waals surface area contributed by atoms with Gasteiger partial charge in [-0.3, -0.25) is 4.79 Å². The molecule has 0 unspecified atom stereocenters. The van der Waals surface area contributed by atoms with Crippen molar-refractivity contribution in [3.63, 3.8) is 0 Å².